The fraction of sp³-hybridized carbons (Fsp3) is 0.333. The molecule has 0 unspecified atom stereocenters. The standard InChI is InChI=1S/C15H17N3O/c1-17(2)10-11-6-5-9-18-14(11)16-13-8-4-3-7-12(13)15(18)19/h3-4,7-8,10H,5-6,9H2,1-2H3/b11-10+. The number of benzene rings is 1. The van der Waals surface area contributed by atoms with Crippen molar-refractivity contribution in [2.24, 2.45) is 0 Å². The van der Waals surface area contributed by atoms with Gasteiger partial charge >= 0.3 is 0 Å². The van der Waals surface area contributed by atoms with E-state index in [1.165, 1.54) is 0 Å². The van der Waals surface area contributed by atoms with E-state index in [1.54, 1.807) is 4.57 Å². The maximum atomic E-state index is 12.5. The molecule has 2 aromatic rings. The summed E-state index contributed by atoms with van der Waals surface area (Å²) in [6.07, 6.45) is 4.03. The van der Waals surface area contributed by atoms with Crippen molar-refractivity contribution in [1.82, 2.24) is 14.5 Å². The van der Waals surface area contributed by atoms with E-state index in [0.717, 1.165) is 36.3 Å². The Balaban J connectivity index is 2.31. The van der Waals surface area contributed by atoms with E-state index in [0.29, 0.717) is 5.39 Å². The number of aromatic nitrogens is 2. The van der Waals surface area contributed by atoms with E-state index < -0.39 is 0 Å². The number of hydrogen-bond donors (Lipinski definition) is 0. The highest BCUT2D eigenvalue weighted by Gasteiger charge is 2.18. The first kappa shape index (κ1) is 12.0. The summed E-state index contributed by atoms with van der Waals surface area (Å²) < 4.78 is 1.81. The number of allylic oxidation sites excluding steroid dienone is 1. The Morgan fingerprint density at radius 1 is 1.32 bits per heavy atom. The smallest absolute Gasteiger partial charge is 0.261 e. The molecule has 3 rings (SSSR count). The van der Waals surface area contributed by atoms with Crippen LogP contribution in [0.3, 0.4) is 0 Å². The van der Waals surface area contributed by atoms with E-state index in [-0.39, 0.29) is 5.56 Å². The van der Waals surface area contributed by atoms with Gasteiger partial charge in [0.15, 0.2) is 0 Å². The van der Waals surface area contributed by atoms with E-state index >= 15 is 0 Å². The van der Waals surface area contributed by atoms with Crippen molar-refractivity contribution in [3.8, 4) is 0 Å². The fourth-order valence-electron chi connectivity index (χ4n) is 2.59. The molecule has 2 heterocycles. The van der Waals surface area contributed by atoms with Crippen molar-refractivity contribution >= 4 is 16.5 Å². The lowest BCUT2D eigenvalue weighted by Gasteiger charge is -2.22. The molecule has 0 amide bonds. The Morgan fingerprint density at radius 3 is 2.89 bits per heavy atom. The topological polar surface area (TPSA) is 38.1 Å². The number of nitrogens with zero attached hydrogens (tertiary/aromatic N) is 3. The lowest BCUT2D eigenvalue weighted by molar-refractivity contribution is 0.545. The van der Waals surface area contributed by atoms with Crippen LogP contribution in [0.15, 0.2) is 35.3 Å². The third-order valence-corrected chi connectivity index (χ3v) is 3.39. The molecule has 98 valence electrons. The third-order valence-electron chi connectivity index (χ3n) is 3.39. The molecule has 0 aliphatic carbocycles. The van der Waals surface area contributed by atoms with Gasteiger partial charge in [0.1, 0.15) is 5.82 Å². The van der Waals surface area contributed by atoms with Crippen LogP contribution in [0.25, 0.3) is 16.5 Å². The Labute approximate surface area is 112 Å². The van der Waals surface area contributed by atoms with Crippen LogP contribution in [0.1, 0.15) is 18.7 Å². The molecule has 0 saturated heterocycles. The summed E-state index contributed by atoms with van der Waals surface area (Å²) in [5.74, 6) is 0.823. The predicted octanol–water partition coefficient (Wildman–Crippen LogP) is 2.09. The second kappa shape index (κ2) is 4.53. The zero-order chi connectivity index (χ0) is 13.4. The molecule has 1 aromatic carbocycles. The van der Waals surface area contributed by atoms with Crippen molar-refractivity contribution in [3.05, 3.63) is 46.6 Å². The molecular formula is C15H17N3O. The first-order valence-corrected chi connectivity index (χ1v) is 6.54. The number of hydrogen-bond acceptors (Lipinski definition) is 3. The molecule has 0 bridgehead atoms. The Hall–Kier alpha value is -2.10. The van der Waals surface area contributed by atoms with Gasteiger partial charge in [0, 0.05) is 32.4 Å². The number of fused-ring (bicyclic) bond motifs is 2. The third kappa shape index (κ3) is 2.03. The van der Waals surface area contributed by atoms with E-state index in [2.05, 4.69) is 11.2 Å². The van der Waals surface area contributed by atoms with Crippen LogP contribution in [0.4, 0.5) is 0 Å². The molecule has 0 spiro atoms. The van der Waals surface area contributed by atoms with Gasteiger partial charge in [-0.2, -0.15) is 0 Å². The lowest BCUT2D eigenvalue weighted by atomic mass is 10.1. The fourth-order valence-corrected chi connectivity index (χ4v) is 2.59. The summed E-state index contributed by atoms with van der Waals surface area (Å²) in [5, 5.41) is 0.706. The van der Waals surface area contributed by atoms with Crippen LogP contribution in [-0.4, -0.2) is 28.5 Å². The minimum Gasteiger partial charge on any atom is -0.383 e. The molecule has 4 heteroatoms. The summed E-state index contributed by atoms with van der Waals surface area (Å²) >= 11 is 0. The minimum atomic E-state index is 0.0740. The van der Waals surface area contributed by atoms with Gasteiger partial charge in [0.25, 0.3) is 5.56 Å². The molecular weight excluding hydrogens is 238 g/mol. The molecule has 0 fully saturated rings. The molecule has 0 N–H and O–H groups in total. The van der Waals surface area contributed by atoms with E-state index in [1.807, 2.05) is 43.3 Å². The SMILES string of the molecule is CN(C)/C=C1\CCCn2c1nc1ccccc1c2=O. The normalized spacial score (nSPS) is 16.6. The summed E-state index contributed by atoms with van der Waals surface area (Å²) in [5.41, 5.74) is 1.99. The maximum absolute atomic E-state index is 12.5. The summed E-state index contributed by atoms with van der Waals surface area (Å²) in [7, 11) is 3.98. The van der Waals surface area contributed by atoms with Gasteiger partial charge in [-0.3, -0.25) is 9.36 Å². The Bertz CT molecular complexity index is 713. The second-order valence-electron chi connectivity index (χ2n) is 5.13. The molecule has 0 atom stereocenters. The van der Waals surface area contributed by atoms with Gasteiger partial charge in [0.2, 0.25) is 0 Å². The lowest BCUT2D eigenvalue weighted by Crippen LogP contribution is -2.28. The monoisotopic (exact) mass is 255 g/mol. The van der Waals surface area contributed by atoms with Gasteiger partial charge in [0.05, 0.1) is 10.9 Å². The van der Waals surface area contributed by atoms with Crippen LogP contribution in [0.2, 0.25) is 0 Å². The quantitative estimate of drug-likeness (QED) is 0.783. The van der Waals surface area contributed by atoms with Crippen molar-refractivity contribution in [2.75, 3.05) is 14.1 Å². The molecule has 1 aliphatic rings. The summed E-state index contributed by atoms with van der Waals surface area (Å²) in [4.78, 5) is 19.2. The average Bonchev–Trinajstić information content (AvgIpc) is 2.40. The van der Waals surface area contributed by atoms with Crippen molar-refractivity contribution in [2.45, 2.75) is 19.4 Å². The van der Waals surface area contributed by atoms with Crippen LogP contribution in [0.5, 0.6) is 0 Å². The van der Waals surface area contributed by atoms with Crippen molar-refractivity contribution in [3.63, 3.8) is 0 Å². The van der Waals surface area contributed by atoms with Crippen LogP contribution >= 0.6 is 0 Å². The molecule has 1 aliphatic heterocycles. The average molecular weight is 255 g/mol. The Kier molecular flexibility index (Phi) is 2.85. The van der Waals surface area contributed by atoms with E-state index in [9.17, 15) is 4.79 Å². The van der Waals surface area contributed by atoms with Crippen molar-refractivity contribution < 1.29 is 0 Å². The summed E-state index contributed by atoms with van der Waals surface area (Å²) in [6.45, 7) is 0.761. The maximum Gasteiger partial charge on any atom is 0.261 e. The number of para-hydroxylation sites is 1. The second-order valence-corrected chi connectivity index (χ2v) is 5.13. The van der Waals surface area contributed by atoms with Gasteiger partial charge in [-0.1, -0.05) is 12.1 Å². The summed E-state index contributed by atoms with van der Waals surface area (Å²) in [6, 6.07) is 7.56. The van der Waals surface area contributed by atoms with Crippen LogP contribution in [-0.2, 0) is 6.54 Å². The molecule has 1 aromatic heterocycles. The zero-order valence-electron chi connectivity index (χ0n) is 11.3. The zero-order valence-corrected chi connectivity index (χ0v) is 11.3. The van der Waals surface area contributed by atoms with Gasteiger partial charge in [-0.15, -0.1) is 0 Å². The predicted molar refractivity (Wildman–Crippen MR) is 76.9 cm³/mol. The number of rotatable bonds is 1. The van der Waals surface area contributed by atoms with Crippen molar-refractivity contribution in [1.29, 1.82) is 0 Å². The highest BCUT2D eigenvalue weighted by Crippen LogP contribution is 2.24. The highest BCUT2D eigenvalue weighted by molar-refractivity contribution is 5.79. The molecule has 0 saturated carbocycles. The highest BCUT2D eigenvalue weighted by atomic mass is 16.1. The molecule has 19 heavy (non-hydrogen) atoms. The van der Waals surface area contributed by atoms with Gasteiger partial charge in [-0.05, 0) is 25.0 Å². The Morgan fingerprint density at radius 2 is 2.11 bits per heavy atom. The van der Waals surface area contributed by atoms with Crippen LogP contribution < -0.4 is 5.56 Å². The molecule has 4 nitrogen and oxygen atoms in total. The first-order valence-electron chi connectivity index (χ1n) is 6.54. The van der Waals surface area contributed by atoms with Gasteiger partial charge in [-0.25, -0.2) is 4.98 Å². The molecule has 0 radical (unpaired) electrons. The first-order chi connectivity index (χ1) is 9.16. The van der Waals surface area contributed by atoms with Gasteiger partial charge < -0.3 is 4.90 Å². The minimum absolute atomic E-state index is 0.0740. The van der Waals surface area contributed by atoms with E-state index in [4.69, 9.17) is 0 Å². The van der Waals surface area contributed by atoms with Crippen LogP contribution in [0, 0.1) is 0 Å². The largest absolute Gasteiger partial charge is 0.383 e.